The third kappa shape index (κ3) is 4.28. The molecule has 2 aromatic carbocycles. The average molecular weight is 476 g/mol. The summed E-state index contributed by atoms with van der Waals surface area (Å²) in [5, 5.41) is 1.97. The third-order valence-electron chi connectivity index (χ3n) is 5.04. The van der Waals surface area contributed by atoms with Crippen molar-refractivity contribution >= 4 is 38.9 Å². The van der Waals surface area contributed by atoms with E-state index in [1.807, 2.05) is 22.4 Å². The minimum atomic E-state index is -3.77. The number of carbonyl (C=O) groups excluding carboxylic acids is 1. The van der Waals surface area contributed by atoms with Crippen LogP contribution in [0.15, 0.2) is 99.9 Å². The molecule has 1 aliphatic heterocycles. The summed E-state index contributed by atoms with van der Waals surface area (Å²) in [4.78, 5) is 19.3. The standard InChI is InChI=1S/C24H17N3O4S2/c28-24(17-11-13-25-14-12-17)31-19-9-7-18(8-10-19)27(16-20-4-3-15-32-20)23-21-5-1-2-6-22(21)33(29,30)26-23/h1-15H,16H2. The van der Waals surface area contributed by atoms with Gasteiger partial charge in [0.2, 0.25) is 0 Å². The highest BCUT2D eigenvalue weighted by atomic mass is 32.2. The Kier molecular flexibility index (Phi) is 5.49. The molecule has 0 atom stereocenters. The van der Waals surface area contributed by atoms with Crippen LogP contribution in [0.2, 0.25) is 0 Å². The topological polar surface area (TPSA) is 88.9 Å². The summed E-state index contributed by atoms with van der Waals surface area (Å²) < 4.78 is 34.8. The van der Waals surface area contributed by atoms with E-state index in [0.29, 0.717) is 29.3 Å². The molecule has 4 aromatic rings. The molecule has 5 rings (SSSR count). The first-order chi connectivity index (χ1) is 16.0. The van der Waals surface area contributed by atoms with E-state index in [1.54, 1.807) is 72.0 Å². The molecule has 0 N–H and O–H groups in total. The average Bonchev–Trinajstić information content (AvgIpc) is 3.45. The molecule has 164 valence electrons. The van der Waals surface area contributed by atoms with Gasteiger partial charge in [-0.1, -0.05) is 18.2 Å². The van der Waals surface area contributed by atoms with Gasteiger partial charge >= 0.3 is 5.97 Å². The largest absolute Gasteiger partial charge is 0.423 e. The molecule has 0 fully saturated rings. The highest BCUT2D eigenvalue weighted by molar-refractivity contribution is 7.90. The second-order valence-corrected chi connectivity index (χ2v) is 9.78. The third-order valence-corrected chi connectivity index (χ3v) is 7.22. The van der Waals surface area contributed by atoms with E-state index in [9.17, 15) is 13.2 Å². The predicted molar refractivity (Wildman–Crippen MR) is 126 cm³/mol. The van der Waals surface area contributed by atoms with E-state index >= 15 is 0 Å². The molecule has 0 spiro atoms. The van der Waals surface area contributed by atoms with Crippen molar-refractivity contribution in [2.45, 2.75) is 11.4 Å². The van der Waals surface area contributed by atoms with E-state index < -0.39 is 16.0 Å². The van der Waals surface area contributed by atoms with Crippen molar-refractivity contribution in [2.24, 2.45) is 4.40 Å². The molecule has 0 radical (unpaired) electrons. The zero-order valence-corrected chi connectivity index (χ0v) is 18.8. The van der Waals surface area contributed by atoms with Crippen LogP contribution in [0.3, 0.4) is 0 Å². The number of carbonyl (C=O) groups is 1. The number of rotatable bonds is 5. The molecule has 1 aliphatic rings. The number of benzene rings is 2. The minimum absolute atomic E-state index is 0.194. The van der Waals surface area contributed by atoms with Gasteiger partial charge in [0.05, 0.1) is 12.1 Å². The number of esters is 1. The van der Waals surface area contributed by atoms with Gasteiger partial charge in [-0.3, -0.25) is 4.98 Å². The van der Waals surface area contributed by atoms with Crippen LogP contribution in [0.1, 0.15) is 20.8 Å². The Morgan fingerprint density at radius 1 is 0.939 bits per heavy atom. The van der Waals surface area contributed by atoms with Crippen LogP contribution in [0, 0.1) is 0 Å². The van der Waals surface area contributed by atoms with Gasteiger partial charge in [-0.2, -0.15) is 8.42 Å². The number of pyridine rings is 1. The fraction of sp³-hybridized carbons (Fsp3) is 0.0417. The predicted octanol–water partition coefficient (Wildman–Crippen LogP) is 4.52. The van der Waals surface area contributed by atoms with Crippen LogP contribution in [0.25, 0.3) is 0 Å². The van der Waals surface area contributed by atoms with Crippen molar-refractivity contribution in [1.29, 1.82) is 0 Å². The van der Waals surface area contributed by atoms with Crippen molar-refractivity contribution in [3.63, 3.8) is 0 Å². The fourth-order valence-corrected chi connectivity index (χ4v) is 5.38. The van der Waals surface area contributed by atoms with Crippen molar-refractivity contribution < 1.29 is 17.9 Å². The normalized spacial score (nSPS) is 13.8. The zero-order valence-electron chi connectivity index (χ0n) is 17.2. The molecule has 7 nitrogen and oxygen atoms in total. The lowest BCUT2D eigenvalue weighted by Crippen LogP contribution is -2.30. The van der Waals surface area contributed by atoms with E-state index in [1.165, 1.54) is 12.4 Å². The lowest BCUT2D eigenvalue weighted by atomic mass is 10.1. The fourth-order valence-electron chi connectivity index (χ4n) is 3.48. The Bertz CT molecular complexity index is 1430. The van der Waals surface area contributed by atoms with Crippen LogP contribution in [0.4, 0.5) is 5.69 Å². The van der Waals surface area contributed by atoms with Crippen LogP contribution in [-0.4, -0.2) is 25.2 Å². The van der Waals surface area contributed by atoms with Crippen LogP contribution in [-0.2, 0) is 16.6 Å². The molecule has 3 heterocycles. The number of hydrogen-bond donors (Lipinski definition) is 0. The van der Waals surface area contributed by atoms with Gasteiger partial charge in [0.1, 0.15) is 10.6 Å². The first kappa shape index (κ1) is 21.0. The van der Waals surface area contributed by atoms with Gasteiger partial charge < -0.3 is 9.64 Å². The number of hydrogen-bond acceptors (Lipinski definition) is 7. The molecule has 0 amide bonds. The molecule has 0 unspecified atom stereocenters. The Morgan fingerprint density at radius 3 is 2.42 bits per heavy atom. The molecule has 0 bridgehead atoms. The van der Waals surface area contributed by atoms with Gasteiger partial charge in [-0.05, 0) is 60.0 Å². The smallest absolute Gasteiger partial charge is 0.343 e. The van der Waals surface area contributed by atoms with Crippen molar-refractivity contribution in [3.8, 4) is 5.75 Å². The molecule has 9 heteroatoms. The van der Waals surface area contributed by atoms with Crippen LogP contribution in [0.5, 0.6) is 5.75 Å². The number of thiophene rings is 1. The molecule has 2 aromatic heterocycles. The van der Waals surface area contributed by atoms with Crippen LogP contribution >= 0.6 is 11.3 Å². The summed E-state index contributed by atoms with van der Waals surface area (Å²) in [6.07, 6.45) is 3.05. The summed E-state index contributed by atoms with van der Waals surface area (Å²) in [5.74, 6) is 0.249. The number of nitrogens with zero attached hydrogens (tertiary/aromatic N) is 3. The number of anilines is 1. The van der Waals surface area contributed by atoms with Crippen molar-refractivity contribution in [3.05, 3.63) is 107 Å². The maximum absolute atomic E-state index is 12.6. The molecular weight excluding hydrogens is 458 g/mol. The van der Waals surface area contributed by atoms with E-state index in [2.05, 4.69) is 9.38 Å². The van der Waals surface area contributed by atoms with Gasteiger partial charge in [-0.25, -0.2) is 4.79 Å². The summed E-state index contributed by atoms with van der Waals surface area (Å²) in [5.41, 5.74) is 1.68. The van der Waals surface area contributed by atoms with Gasteiger partial charge in [-0.15, -0.1) is 15.7 Å². The highest BCUT2D eigenvalue weighted by Crippen LogP contribution is 2.32. The lowest BCUT2D eigenvalue weighted by molar-refractivity contribution is 0.0734. The first-order valence-electron chi connectivity index (χ1n) is 9.98. The van der Waals surface area contributed by atoms with Gasteiger partial charge in [0.15, 0.2) is 5.84 Å². The van der Waals surface area contributed by atoms with Crippen molar-refractivity contribution in [2.75, 3.05) is 4.90 Å². The SMILES string of the molecule is O=C(Oc1ccc(N(Cc2cccs2)C2=NS(=O)(=O)c3ccccc32)cc1)c1ccncc1. The molecule has 0 saturated heterocycles. The van der Waals surface area contributed by atoms with Gasteiger partial charge in [0, 0.05) is 28.5 Å². The summed E-state index contributed by atoms with van der Waals surface area (Å²) in [7, 11) is -3.77. The number of fused-ring (bicyclic) bond motifs is 1. The molecule has 0 aliphatic carbocycles. The Hall–Kier alpha value is -3.82. The van der Waals surface area contributed by atoms with Crippen LogP contribution < -0.4 is 9.64 Å². The molecule has 33 heavy (non-hydrogen) atoms. The maximum atomic E-state index is 12.6. The number of aromatic nitrogens is 1. The summed E-state index contributed by atoms with van der Waals surface area (Å²) in [6, 6.07) is 20.8. The number of amidine groups is 1. The monoisotopic (exact) mass is 475 g/mol. The highest BCUT2D eigenvalue weighted by Gasteiger charge is 2.32. The number of ether oxygens (including phenoxy) is 1. The molecular formula is C24H17N3O4S2. The minimum Gasteiger partial charge on any atom is -0.423 e. The summed E-state index contributed by atoms with van der Waals surface area (Å²) in [6.45, 7) is 0.441. The van der Waals surface area contributed by atoms with E-state index in [-0.39, 0.29) is 4.90 Å². The Labute approximate surface area is 194 Å². The molecule has 0 saturated carbocycles. The van der Waals surface area contributed by atoms with Gasteiger partial charge in [0.25, 0.3) is 10.0 Å². The maximum Gasteiger partial charge on any atom is 0.343 e. The zero-order chi connectivity index (χ0) is 22.8. The first-order valence-corrected chi connectivity index (χ1v) is 12.3. The van der Waals surface area contributed by atoms with E-state index in [4.69, 9.17) is 4.74 Å². The quantitative estimate of drug-likeness (QED) is 0.312. The lowest BCUT2D eigenvalue weighted by Gasteiger charge is -2.24. The van der Waals surface area contributed by atoms with Crippen molar-refractivity contribution in [1.82, 2.24) is 4.98 Å². The second-order valence-electron chi connectivity index (χ2n) is 7.17. The second kappa shape index (κ2) is 8.61. The Morgan fingerprint density at radius 2 is 1.70 bits per heavy atom. The van der Waals surface area contributed by atoms with E-state index in [0.717, 1.165) is 10.6 Å². The number of sulfonamides is 1. The Balaban J connectivity index is 1.48. The summed E-state index contributed by atoms with van der Waals surface area (Å²) >= 11 is 1.57.